The van der Waals surface area contributed by atoms with Gasteiger partial charge in [0.05, 0.1) is 5.69 Å². The Morgan fingerprint density at radius 2 is 2.56 bits per heavy atom. The molecule has 0 saturated heterocycles. The van der Waals surface area contributed by atoms with E-state index in [4.69, 9.17) is 5.73 Å². The molecule has 4 nitrogen and oxygen atoms in total. The van der Waals surface area contributed by atoms with Crippen molar-refractivity contribution in [1.29, 1.82) is 0 Å². The average Bonchev–Trinajstić information content (AvgIpc) is 2.14. The van der Waals surface area contributed by atoms with E-state index >= 15 is 0 Å². The van der Waals surface area contributed by atoms with E-state index in [0.29, 0.717) is 5.69 Å². The summed E-state index contributed by atoms with van der Waals surface area (Å²) in [5.41, 5.74) is 5.64. The Bertz CT molecular complexity index is 235. The van der Waals surface area contributed by atoms with Crippen LogP contribution in [0.25, 0.3) is 0 Å². The quantitative estimate of drug-likeness (QED) is 0.558. The molecule has 0 aliphatic rings. The first-order valence-electron chi connectivity index (χ1n) is 2.64. The third-order valence-electron chi connectivity index (χ3n) is 1.03. The highest BCUT2D eigenvalue weighted by molar-refractivity contribution is 4.99. The molecule has 1 rings (SSSR count). The van der Waals surface area contributed by atoms with Crippen molar-refractivity contribution in [3.8, 4) is 0 Å². The second-order valence-corrected chi connectivity index (χ2v) is 1.91. The molecule has 9 heavy (non-hydrogen) atoms. The van der Waals surface area contributed by atoms with Gasteiger partial charge in [-0.1, -0.05) is 0 Å². The lowest BCUT2D eigenvalue weighted by molar-refractivity contribution is 0.381. The second-order valence-electron chi connectivity index (χ2n) is 1.91. The van der Waals surface area contributed by atoms with Crippen LogP contribution in [0.3, 0.4) is 0 Å². The Labute approximate surface area is 51.6 Å². The first-order chi connectivity index (χ1) is 4.20. The van der Waals surface area contributed by atoms with Crippen molar-refractivity contribution < 1.29 is 4.52 Å². The highest BCUT2D eigenvalue weighted by Gasteiger charge is 2.01. The van der Waals surface area contributed by atoms with Crippen LogP contribution in [0.4, 0.5) is 0 Å². The Kier molecular flexibility index (Phi) is 1.40. The topological polar surface area (TPSA) is 72.0 Å². The summed E-state index contributed by atoms with van der Waals surface area (Å²) in [7, 11) is 0. The lowest BCUT2D eigenvalue weighted by Crippen LogP contribution is -2.05. The summed E-state index contributed by atoms with van der Waals surface area (Å²) in [5, 5.41) is 2.39. The summed E-state index contributed by atoms with van der Waals surface area (Å²) in [6, 6.07) is 1.17. The molecule has 0 aliphatic heterocycles. The molecule has 0 aliphatic carbocycles. The van der Waals surface area contributed by atoms with E-state index in [1.165, 1.54) is 6.07 Å². The molecule has 1 atom stereocenters. The second kappa shape index (κ2) is 2.06. The van der Waals surface area contributed by atoms with E-state index in [9.17, 15) is 4.79 Å². The SMILES string of the molecule is CC(N)c1cc(=O)o[nH]1. The normalized spacial score (nSPS) is 13.6. The van der Waals surface area contributed by atoms with Gasteiger partial charge in [0.1, 0.15) is 0 Å². The van der Waals surface area contributed by atoms with E-state index in [1.54, 1.807) is 6.92 Å². The number of nitrogens with one attached hydrogen (secondary N) is 1. The van der Waals surface area contributed by atoms with Crippen molar-refractivity contribution in [3.05, 3.63) is 22.2 Å². The molecule has 50 valence electrons. The highest BCUT2D eigenvalue weighted by atomic mass is 16.5. The number of nitrogens with two attached hydrogens (primary N) is 1. The summed E-state index contributed by atoms with van der Waals surface area (Å²) < 4.78 is 4.37. The zero-order valence-corrected chi connectivity index (χ0v) is 5.05. The minimum absolute atomic E-state index is 0.170. The molecule has 0 amide bonds. The Balaban J connectivity index is 2.98. The van der Waals surface area contributed by atoms with Crippen LogP contribution in [0, 0.1) is 0 Å². The Morgan fingerprint density at radius 3 is 2.78 bits per heavy atom. The molecule has 1 aromatic rings. The maximum atomic E-state index is 10.3. The van der Waals surface area contributed by atoms with E-state index in [-0.39, 0.29) is 11.7 Å². The third kappa shape index (κ3) is 1.20. The summed E-state index contributed by atoms with van der Waals surface area (Å²) >= 11 is 0. The Hall–Kier alpha value is -1.03. The third-order valence-corrected chi connectivity index (χ3v) is 1.03. The van der Waals surface area contributed by atoms with E-state index in [0.717, 1.165) is 0 Å². The number of aromatic nitrogens is 1. The van der Waals surface area contributed by atoms with Crippen LogP contribution < -0.4 is 11.4 Å². The molecule has 0 saturated carbocycles. The minimum atomic E-state index is -0.387. The van der Waals surface area contributed by atoms with Crippen LogP contribution in [-0.2, 0) is 0 Å². The predicted molar refractivity (Wildman–Crippen MR) is 31.9 cm³/mol. The molecular formula is C5H8N2O2. The van der Waals surface area contributed by atoms with Gasteiger partial charge in [0.15, 0.2) is 0 Å². The molecule has 0 spiro atoms. The average molecular weight is 128 g/mol. The number of hydrogen-bond acceptors (Lipinski definition) is 3. The minimum Gasteiger partial charge on any atom is -0.339 e. The maximum absolute atomic E-state index is 10.3. The van der Waals surface area contributed by atoms with Gasteiger partial charge in [0, 0.05) is 12.1 Å². The van der Waals surface area contributed by atoms with Gasteiger partial charge in [-0.25, -0.2) is 9.95 Å². The predicted octanol–water partition coefficient (Wildman–Crippen LogP) is -0.0124. The van der Waals surface area contributed by atoms with E-state index in [1.807, 2.05) is 0 Å². The van der Waals surface area contributed by atoms with Gasteiger partial charge in [-0.05, 0) is 6.92 Å². The molecule has 0 bridgehead atoms. The largest absolute Gasteiger partial charge is 0.357 e. The smallest absolute Gasteiger partial charge is 0.339 e. The molecule has 3 N–H and O–H groups in total. The van der Waals surface area contributed by atoms with Crippen molar-refractivity contribution in [3.63, 3.8) is 0 Å². The summed E-state index contributed by atoms with van der Waals surface area (Å²) in [6.07, 6.45) is 0. The van der Waals surface area contributed by atoms with Gasteiger partial charge >= 0.3 is 5.63 Å². The number of H-pyrrole nitrogens is 1. The van der Waals surface area contributed by atoms with Gasteiger partial charge in [-0.2, -0.15) is 0 Å². The zero-order chi connectivity index (χ0) is 6.85. The van der Waals surface area contributed by atoms with Crippen LogP contribution >= 0.6 is 0 Å². The lowest BCUT2D eigenvalue weighted by Gasteiger charge is -1.95. The monoisotopic (exact) mass is 128 g/mol. The van der Waals surface area contributed by atoms with Crippen LogP contribution in [-0.4, -0.2) is 5.16 Å². The van der Waals surface area contributed by atoms with Crippen LogP contribution in [0.5, 0.6) is 0 Å². The Morgan fingerprint density at radius 1 is 1.89 bits per heavy atom. The summed E-state index contributed by atoms with van der Waals surface area (Å²) in [5.74, 6) is 0. The first kappa shape index (κ1) is 6.10. The van der Waals surface area contributed by atoms with Crippen molar-refractivity contribution in [2.45, 2.75) is 13.0 Å². The van der Waals surface area contributed by atoms with Crippen molar-refractivity contribution >= 4 is 0 Å². The number of aromatic amines is 1. The van der Waals surface area contributed by atoms with Gasteiger partial charge in [0.25, 0.3) is 0 Å². The molecule has 0 radical (unpaired) electrons. The van der Waals surface area contributed by atoms with E-state index in [2.05, 4.69) is 9.68 Å². The molecule has 1 unspecified atom stereocenters. The molecule has 4 heteroatoms. The van der Waals surface area contributed by atoms with Crippen LogP contribution in [0.1, 0.15) is 18.7 Å². The van der Waals surface area contributed by atoms with Crippen molar-refractivity contribution in [2.75, 3.05) is 0 Å². The van der Waals surface area contributed by atoms with Gasteiger partial charge < -0.3 is 10.3 Å². The maximum Gasteiger partial charge on any atom is 0.357 e. The number of hydrogen-bond donors (Lipinski definition) is 2. The van der Waals surface area contributed by atoms with Gasteiger partial charge in [-0.3, -0.25) is 0 Å². The molecule has 0 fully saturated rings. The molecular weight excluding hydrogens is 120 g/mol. The lowest BCUT2D eigenvalue weighted by atomic mass is 10.3. The first-order valence-corrected chi connectivity index (χ1v) is 2.64. The zero-order valence-electron chi connectivity index (χ0n) is 5.05. The fourth-order valence-electron chi connectivity index (χ4n) is 0.520. The van der Waals surface area contributed by atoms with E-state index < -0.39 is 0 Å². The van der Waals surface area contributed by atoms with Crippen LogP contribution in [0.2, 0.25) is 0 Å². The fraction of sp³-hybridized carbons (Fsp3) is 0.400. The molecule has 1 aromatic heterocycles. The number of rotatable bonds is 1. The highest BCUT2D eigenvalue weighted by Crippen LogP contribution is 2.00. The molecule has 0 aromatic carbocycles. The van der Waals surface area contributed by atoms with Crippen LogP contribution in [0.15, 0.2) is 15.4 Å². The van der Waals surface area contributed by atoms with Gasteiger partial charge in [-0.15, -0.1) is 0 Å². The summed E-state index contributed by atoms with van der Waals surface area (Å²) in [4.78, 5) is 10.3. The summed E-state index contributed by atoms with van der Waals surface area (Å²) in [6.45, 7) is 1.76. The van der Waals surface area contributed by atoms with Gasteiger partial charge in [0.2, 0.25) is 0 Å². The molecule has 1 heterocycles. The van der Waals surface area contributed by atoms with Crippen molar-refractivity contribution in [1.82, 2.24) is 5.16 Å². The van der Waals surface area contributed by atoms with Crippen molar-refractivity contribution in [2.24, 2.45) is 5.73 Å². The fourth-order valence-corrected chi connectivity index (χ4v) is 0.520. The standard InChI is InChI=1S/C5H8N2O2/c1-3(6)4-2-5(8)9-7-4/h2-3,7H,6H2,1H3.